The predicted octanol–water partition coefficient (Wildman–Crippen LogP) is 1.20. The molecule has 5 nitrogen and oxygen atoms in total. The van der Waals surface area contributed by atoms with Gasteiger partial charge in [0.1, 0.15) is 17.6 Å². The molecule has 1 saturated heterocycles. The molecule has 1 fully saturated rings. The Hall–Kier alpha value is -1.66. The third-order valence-corrected chi connectivity index (χ3v) is 3.53. The highest BCUT2D eigenvalue weighted by Crippen LogP contribution is 2.19. The fraction of sp³-hybridized carbons (Fsp3) is 0.533. The van der Waals surface area contributed by atoms with Gasteiger partial charge in [-0.1, -0.05) is 0 Å². The van der Waals surface area contributed by atoms with Crippen LogP contribution in [0.1, 0.15) is 12.8 Å². The lowest BCUT2D eigenvalue weighted by Crippen LogP contribution is -2.37. The topological polar surface area (TPSA) is 59.0 Å². The van der Waals surface area contributed by atoms with Gasteiger partial charge >= 0.3 is 5.97 Å². The van der Waals surface area contributed by atoms with Crippen LogP contribution in [0.2, 0.25) is 0 Å². The quantitative estimate of drug-likeness (QED) is 0.631. The first-order valence-corrected chi connectivity index (χ1v) is 6.98. The number of ether oxygens (including phenoxy) is 2. The summed E-state index contributed by atoms with van der Waals surface area (Å²) in [6, 6.07) is 5.47. The molecule has 0 saturated carbocycles. The number of esters is 1. The monoisotopic (exact) mass is 297 g/mol. The minimum atomic E-state index is -0.493. The zero-order valence-corrected chi connectivity index (χ0v) is 12.0. The van der Waals surface area contributed by atoms with E-state index in [0.717, 1.165) is 0 Å². The largest absolute Gasteiger partial charge is 0.494 e. The van der Waals surface area contributed by atoms with E-state index in [1.165, 1.54) is 19.2 Å². The van der Waals surface area contributed by atoms with Crippen molar-refractivity contribution in [2.45, 2.75) is 25.0 Å². The molecule has 2 unspecified atom stereocenters. The van der Waals surface area contributed by atoms with E-state index in [2.05, 4.69) is 0 Å². The van der Waals surface area contributed by atoms with Gasteiger partial charge in [0, 0.05) is 19.5 Å². The van der Waals surface area contributed by atoms with E-state index in [0.29, 0.717) is 38.3 Å². The van der Waals surface area contributed by atoms with Crippen LogP contribution in [-0.4, -0.2) is 54.9 Å². The van der Waals surface area contributed by atoms with Gasteiger partial charge < -0.3 is 14.6 Å². The molecule has 0 aliphatic carbocycles. The molecule has 0 aromatic heterocycles. The van der Waals surface area contributed by atoms with Crippen molar-refractivity contribution in [2.24, 2.45) is 0 Å². The summed E-state index contributed by atoms with van der Waals surface area (Å²) in [4.78, 5) is 13.5. The lowest BCUT2D eigenvalue weighted by molar-refractivity contribution is -0.145. The van der Waals surface area contributed by atoms with E-state index in [1.807, 2.05) is 4.90 Å². The molecule has 0 bridgehead atoms. The van der Waals surface area contributed by atoms with Crippen LogP contribution in [0, 0.1) is 5.82 Å². The number of hydrogen-bond acceptors (Lipinski definition) is 5. The highest BCUT2D eigenvalue weighted by molar-refractivity contribution is 5.76. The first-order chi connectivity index (χ1) is 10.1. The number of hydrogen-bond donors (Lipinski definition) is 1. The molecule has 1 aliphatic rings. The summed E-state index contributed by atoms with van der Waals surface area (Å²) in [7, 11) is 1.35. The van der Waals surface area contributed by atoms with E-state index in [4.69, 9.17) is 9.47 Å². The molecule has 0 amide bonds. The average Bonchev–Trinajstić information content (AvgIpc) is 2.85. The number of aliphatic hydroxyl groups excluding tert-OH is 1. The number of carbonyl (C=O) groups is 1. The van der Waals surface area contributed by atoms with Crippen molar-refractivity contribution >= 4 is 5.97 Å². The van der Waals surface area contributed by atoms with Crippen molar-refractivity contribution in [2.75, 3.05) is 26.8 Å². The zero-order chi connectivity index (χ0) is 15.2. The van der Waals surface area contributed by atoms with Gasteiger partial charge in [0.05, 0.1) is 19.8 Å². The van der Waals surface area contributed by atoms with Crippen LogP contribution in [-0.2, 0) is 9.53 Å². The second-order valence-corrected chi connectivity index (χ2v) is 5.08. The SMILES string of the molecule is COC(=O)C1CC(O)CN1CCCOc1ccc(F)cc1. The molecule has 2 atom stereocenters. The van der Waals surface area contributed by atoms with Gasteiger partial charge in [-0.15, -0.1) is 0 Å². The van der Waals surface area contributed by atoms with Crippen LogP contribution in [0.5, 0.6) is 5.75 Å². The van der Waals surface area contributed by atoms with Crippen molar-refractivity contribution in [1.82, 2.24) is 4.90 Å². The van der Waals surface area contributed by atoms with Gasteiger partial charge in [0.2, 0.25) is 0 Å². The predicted molar refractivity (Wildman–Crippen MR) is 74.5 cm³/mol. The van der Waals surface area contributed by atoms with Gasteiger partial charge in [-0.25, -0.2) is 4.39 Å². The Kier molecular flexibility index (Phi) is 5.52. The van der Waals surface area contributed by atoms with Crippen molar-refractivity contribution < 1.29 is 23.8 Å². The molecule has 21 heavy (non-hydrogen) atoms. The number of likely N-dealkylation sites (tertiary alicyclic amines) is 1. The molecule has 0 spiro atoms. The Morgan fingerprint density at radius 2 is 2.14 bits per heavy atom. The van der Waals surface area contributed by atoms with E-state index in [-0.39, 0.29) is 17.8 Å². The molecule has 1 N–H and O–H groups in total. The van der Waals surface area contributed by atoms with E-state index < -0.39 is 6.10 Å². The first kappa shape index (κ1) is 15.7. The van der Waals surface area contributed by atoms with Gasteiger partial charge in [-0.2, -0.15) is 0 Å². The van der Waals surface area contributed by atoms with Gasteiger partial charge in [0.15, 0.2) is 0 Å². The van der Waals surface area contributed by atoms with Crippen LogP contribution < -0.4 is 4.74 Å². The number of nitrogens with zero attached hydrogens (tertiary/aromatic N) is 1. The van der Waals surface area contributed by atoms with Crippen LogP contribution >= 0.6 is 0 Å². The number of benzene rings is 1. The molecule has 116 valence electrons. The molecule has 0 radical (unpaired) electrons. The van der Waals surface area contributed by atoms with E-state index in [9.17, 15) is 14.3 Å². The summed E-state index contributed by atoms with van der Waals surface area (Å²) in [5, 5.41) is 9.66. The number of aliphatic hydroxyl groups is 1. The maximum Gasteiger partial charge on any atom is 0.323 e. The molecule has 1 aromatic rings. The lowest BCUT2D eigenvalue weighted by atomic mass is 10.2. The van der Waals surface area contributed by atoms with Crippen molar-refractivity contribution in [3.05, 3.63) is 30.1 Å². The second-order valence-electron chi connectivity index (χ2n) is 5.08. The fourth-order valence-corrected chi connectivity index (χ4v) is 2.50. The van der Waals surface area contributed by atoms with E-state index in [1.54, 1.807) is 12.1 Å². The molecule has 1 heterocycles. The number of halogens is 1. The summed E-state index contributed by atoms with van der Waals surface area (Å²) in [5.41, 5.74) is 0. The molecule has 2 rings (SSSR count). The van der Waals surface area contributed by atoms with Crippen LogP contribution in [0.25, 0.3) is 0 Å². The molecular weight excluding hydrogens is 277 g/mol. The van der Waals surface area contributed by atoms with Crippen molar-refractivity contribution in [3.8, 4) is 5.75 Å². The Morgan fingerprint density at radius 3 is 2.81 bits per heavy atom. The standard InChI is InChI=1S/C15H20FNO4/c1-20-15(19)14-9-12(18)10-17(14)7-2-8-21-13-5-3-11(16)4-6-13/h3-6,12,14,18H,2,7-10H2,1H3. The lowest BCUT2D eigenvalue weighted by Gasteiger charge is -2.21. The van der Waals surface area contributed by atoms with Crippen molar-refractivity contribution in [3.63, 3.8) is 0 Å². The highest BCUT2D eigenvalue weighted by Gasteiger charge is 2.36. The van der Waals surface area contributed by atoms with Crippen LogP contribution in [0.3, 0.4) is 0 Å². The zero-order valence-electron chi connectivity index (χ0n) is 12.0. The normalized spacial score (nSPS) is 22.2. The Balaban J connectivity index is 1.74. The number of rotatable bonds is 6. The minimum absolute atomic E-state index is 0.297. The summed E-state index contributed by atoms with van der Waals surface area (Å²) in [6.45, 7) is 1.57. The maximum atomic E-state index is 12.7. The molecule has 6 heteroatoms. The Morgan fingerprint density at radius 1 is 1.43 bits per heavy atom. The molecule has 1 aromatic carbocycles. The second kappa shape index (κ2) is 7.38. The number of β-amino-alcohol motifs (C(OH)–C–C–N with tert-alkyl or cyclic N) is 1. The summed E-state index contributed by atoms with van der Waals surface area (Å²) >= 11 is 0. The van der Waals surface area contributed by atoms with Gasteiger partial charge in [-0.05, 0) is 30.7 Å². The number of carbonyl (C=O) groups excluding carboxylic acids is 1. The molecule has 1 aliphatic heterocycles. The Labute approximate surface area is 123 Å². The summed E-state index contributed by atoms with van der Waals surface area (Å²) in [5.74, 6) is 0.00250. The summed E-state index contributed by atoms with van der Waals surface area (Å²) in [6.07, 6.45) is 0.621. The smallest absolute Gasteiger partial charge is 0.323 e. The molecular formula is C15H20FNO4. The maximum absolute atomic E-state index is 12.7. The van der Waals surface area contributed by atoms with Gasteiger partial charge in [-0.3, -0.25) is 9.69 Å². The van der Waals surface area contributed by atoms with Crippen LogP contribution in [0.4, 0.5) is 4.39 Å². The van der Waals surface area contributed by atoms with Crippen molar-refractivity contribution in [1.29, 1.82) is 0 Å². The number of methoxy groups -OCH3 is 1. The Bertz CT molecular complexity index is 465. The third kappa shape index (κ3) is 4.41. The first-order valence-electron chi connectivity index (χ1n) is 6.98. The minimum Gasteiger partial charge on any atom is -0.494 e. The van der Waals surface area contributed by atoms with Gasteiger partial charge in [0.25, 0.3) is 0 Å². The average molecular weight is 297 g/mol. The summed E-state index contributed by atoms with van der Waals surface area (Å²) < 4.78 is 23.0. The fourth-order valence-electron chi connectivity index (χ4n) is 2.50. The van der Waals surface area contributed by atoms with Crippen LogP contribution in [0.15, 0.2) is 24.3 Å². The van der Waals surface area contributed by atoms with E-state index >= 15 is 0 Å². The highest BCUT2D eigenvalue weighted by atomic mass is 19.1. The third-order valence-electron chi connectivity index (χ3n) is 3.53.